The van der Waals surface area contributed by atoms with Crippen molar-refractivity contribution in [2.75, 3.05) is 26.7 Å². The number of hydrogen-bond donors (Lipinski definition) is 1. The SMILES string of the molecule is CC(C)[C@@H](C(=O)O)N(C)C(=O)C1CN(C(=O)[C@@H]2CN2C(c2ccccc2)(c2ccccc2)c2ccccc2)C1. The Hall–Kier alpha value is -3.97. The highest BCUT2D eigenvalue weighted by atomic mass is 16.4. The molecular weight excluding hydrogens is 490 g/mol. The molecule has 0 aliphatic carbocycles. The molecule has 2 heterocycles. The van der Waals surface area contributed by atoms with Gasteiger partial charge in [-0.05, 0) is 22.6 Å². The third-order valence-corrected chi connectivity index (χ3v) is 8.09. The summed E-state index contributed by atoms with van der Waals surface area (Å²) in [5.74, 6) is -1.82. The Balaban J connectivity index is 1.39. The minimum atomic E-state index is -1.01. The second-order valence-electron chi connectivity index (χ2n) is 10.9. The van der Waals surface area contributed by atoms with E-state index in [1.54, 1.807) is 25.8 Å². The molecule has 3 aromatic rings. The van der Waals surface area contributed by atoms with Gasteiger partial charge in [0.15, 0.2) is 0 Å². The van der Waals surface area contributed by atoms with Gasteiger partial charge in [0.05, 0.1) is 11.5 Å². The lowest BCUT2D eigenvalue weighted by molar-refractivity contribution is -0.157. The van der Waals surface area contributed by atoms with Crippen LogP contribution in [0.5, 0.6) is 0 Å². The van der Waals surface area contributed by atoms with E-state index in [4.69, 9.17) is 0 Å². The number of carbonyl (C=O) groups is 3. The van der Waals surface area contributed by atoms with Crippen LogP contribution >= 0.6 is 0 Å². The molecule has 0 saturated carbocycles. The zero-order valence-corrected chi connectivity index (χ0v) is 22.6. The second-order valence-corrected chi connectivity index (χ2v) is 10.9. The lowest BCUT2D eigenvalue weighted by Gasteiger charge is -2.42. The number of rotatable bonds is 9. The van der Waals surface area contributed by atoms with Crippen LogP contribution < -0.4 is 0 Å². The first-order chi connectivity index (χ1) is 18.8. The van der Waals surface area contributed by atoms with E-state index in [9.17, 15) is 19.5 Å². The minimum Gasteiger partial charge on any atom is -0.480 e. The third-order valence-electron chi connectivity index (χ3n) is 8.09. The topological polar surface area (TPSA) is 80.9 Å². The van der Waals surface area contributed by atoms with Crippen LogP contribution in [-0.2, 0) is 19.9 Å². The maximum absolute atomic E-state index is 13.7. The lowest BCUT2D eigenvalue weighted by Crippen LogP contribution is -2.59. The number of nitrogens with zero attached hydrogens (tertiary/aromatic N) is 3. The number of carboxylic acids is 1. The average molecular weight is 526 g/mol. The first-order valence-corrected chi connectivity index (χ1v) is 13.5. The molecule has 0 aromatic heterocycles. The van der Waals surface area contributed by atoms with Crippen molar-refractivity contribution in [2.45, 2.75) is 31.5 Å². The van der Waals surface area contributed by atoms with Gasteiger partial charge in [-0.15, -0.1) is 0 Å². The van der Waals surface area contributed by atoms with E-state index in [0.29, 0.717) is 19.6 Å². The van der Waals surface area contributed by atoms with E-state index in [-0.39, 0.29) is 29.7 Å². The van der Waals surface area contributed by atoms with Crippen LogP contribution in [0.25, 0.3) is 0 Å². The van der Waals surface area contributed by atoms with Crippen molar-refractivity contribution in [3.05, 3.63) is 108 Å². The van der Waals surface area contributed by atoms with Gasteiger partial charge < -0.3 is 14.9 Å². The molecule has 3 atom stereocenters. The summed E-state index contributed by atoms with van der Waals surface area (Å²) >= 11 is 0. The summed E-state index contributed by atoms with van der Waals surface area (Å²) in [5, 5.41) is 9.58. The Morgan fingerprint density at radius 1 is 0.795 bits per heavy atom. The predicted molar refractivity (Wildman–Crippen MR) is 149 cm³/mol. The van der Waals surface area contributed by atoms with Gasteiger partial charge in [-0.3, -0.25) is 14.5 Å². The second kappa shape index (κ2) is 10.7. The van der Waals surface area contributed by atoms with Crippen LogP contribution in [-0.4, -0.2) is 76.4 Å². The van der Waals surface area contributed by atoms with Gasteiger partial charge in [-0.2, -0.15) is 0 Å². The lowest BCUT2D eigenvalue weighted by atomic mass is 9.76. The Labute approximate surface area is 229 Å². The van der Waals surface area contributed by atoms with Crippen molar-refractivity contribution in [2.24, 2.45) is 11.8 Å². The number of carbonyl (C=O) groups excluding carboxylic acids is 2. The molecule has 1 N–H and O–H groups in total. The van der Waals surface area contributed by atoms with Gasteiger partial charge in [-0.1, -0.05) is 105 Å². The van der Waals surface area contributed by atoms with E-state index in [2.05, 4.69) is 41.3 Å². The normalized spacial score (nSPS) is 19.7. The molecule has 2 fully saturated rings. The molecule has 1 unspecified atom stereocenters. The van der Waals surface area contributed by atoms with Gasteiger partial charge >= 0.3 is 5.97 Å². The summed E-state index contributed by atoms with van der Waals surface area (Å²) in [6, 6.07) is 29.6. The Morgan fingerprint density at radius 2 is 1.23 bits per heavy atom. The van der Waals surface area contributed by atoms with Crippen LogP contribution in [0.4, 0.5) is 0 Å². The van der Waals surface area contributed by atoms with Gasteiger partial charge in [0, 0.05) is 26.7 Å². The van der Waals surface area contributed by atoms with Crippen LogP contribution in [0, 0.1) is 11.8 Å². The summed E-state index contributed by atoms with van der Waals surface area (Å²) < 4.78 is 0. The van der Waals surface area contributed by atoms with E-state index in [0.717, 1.165) is 16.7 Å². The first-order valence-electron chi connectivity index (χ1n) is 13.5. The zero-order chi connectivity index (χ0) is 27.7. The molecule has 2 aliphatic rings. The van der Waals surface area contributed by atoms with Crippen LogP contribution in [0.1, 0.15) is 30.5 Å². The molecule has 7 heteroatoms. The molecule has 2 aliphatic heterocycles. The summed E-state index contributed by atoms with van der Waals surface area (Å²) in [5.41, 5.74) is 2.62. The molecule has 0 spiro atoms. The van der Waals surface area contributed by atoms with Crippen molar-refractivity contribution in [1.82, 2.24) is 14.7 Å². The number of likely N-dealkylation sites (N-methyl/N-ethyl adjacent to an activating group) is 1. The molecule has 39 heavy (non-hydrogen) atoms. The maximum atomic E-state index is 13.7. The highest BCUT2D eigenvalue weighted by molar-refractivity contribution is 5.90. The van der Waals surface area contributed by atoms with Crippen LogP contribution in [0.2, 0.25) is 0 Å². The van der Waals surface area contributed by atoms with E-state index in [1.165, 1.54) is 4.90 Å². The molecule has 202 valence electrons. The molecule has 0 radical (unpaired) electrons. The van der Waals surface area contributed by atoms with Crippen molar-refractivity contribution >= 4 is 17.8 Å². The maximum Gasteiger partial charge on any atom is 0.326 e. The fourth-order valence-corrected chi connectivity index (χ4v) is 6.11. The number of aliphatic carboxylic acids is 1. The first kappa shape index (κ1) is 26.6. The number of benzene rings is 3. The smallest absolute Gasteiger partial charge is 0.326 e. The highest BCUT2D eigenvalue weighted by Gasteiger charge is 2.58. The highest BCUT2D eigenvalue weighted by Crippen LogP contribution is 2.48. The summed E-state index contributed by atoms with van der Waals surface area (Å²) in [4.78, 5) is 43.7. The van der Waals surface area contributed by atoms with Crippen LogP contribution in [0.15, 0.2) is 91.0 Å². The molecular formula is C32H35N3O4. The van der Waals surface area contributed by atoms with Gasteiger partial charge in [0.2, 0.25) is 11.8 Å². The van der Waals surface area contributed by atoms with Gasteiger partial charge in [-0.25, -0.2) is 4.79 Å². The van der Waals surface area contributed by atoms with E-state index >= 15 is 0 Å². The van der Waals surface area contributed by atoms with Crippen molar-refractivity contribution in [1.29, 1.82) is 0 Å². The summed E-state index contributed by atoms with van der Waals surface area (Å²) in [7, 11) is 1.54. The molecule has 7 nitrogen and oxygen atoms in total. The standard InChI is InChI=1S/C32H35N3O4/c1-22(2)28(31(38)39)33(3)29(36)23-19-34(20-23)30(37)27-21-35(27)32(24-13-7-4-8-14-24,25-15-9-5-10-16-25)26-17-11-6-12-18-26/h4-18,22-23,27-28H,19-21H2,1-3H3,(H,38,39)/t27-,28-,35?/m0/s1. The number of amides is 2. The van der Waals surface area contributed by atoms with Gasteiger partial charge in [0.25, 0.3) is 0 Å². The van der Waals surface area contributed by atoms with E-state index in [1.807, 2.05) is 54.6 Å². The molecule has 0 bridgehead atoms. The quantitative estimate of drug-likeness (QED) is 0.341. The van der Waals surface area contributed by atoms with E-state index < -0.39 is 17.6 Å². The third kappa shape index (κ3) is 4.72. The molecule has 2 amide bonds. The van der Waals surface area contributed by atoms with Gasteiger partial charge in [0.1, 0.15) is 12.1 Å². The Kier molecular flexibility index (Phi) is 7.28. The summed E-state index contributed by atoms with van der Waals surface area (Å²) in [6.45, 7) is 4.80. The van der Waals surface area contributed by atoms with Crippen molar-refractivity contribution in [3.63, 3.8) is 0 Å². The summed E-state index contributed by atoms with van der Waals surface area (Å²) in [6.07, 6.45) is 0. The largest absolute Gasteiger partial charge is 0.480 e. The zero-order valence-electron chi connectivity index (χ0n) is 22.6. The van der Waals surface area contributed by atoms with Crippen molar-refractivity contribution in [3.8, 4) is 0 Å². The Morgan fingerprint density at radius 3 is 1.62 bits per heavy atom. The number of likely N-dealkylation sites (tertiary alicyclic amines) is 1. The van der Waals surface area contributed by atoms with Crippen molar-refractivity contribution < 1.29 is 19.5 Å². The fourth-order valence-electron chi connectivity index (χ4n) is 6.11. The molecule has 3 aromatic carbocycles. The molecule has 5 rings (SSSR count). The molecule has 2 saturated heterocycles. The monoisotopic (exact) mass is 525 g/mol. The average Bonchev–Trinajstić information content (AvgIpc) is 3.71. The van der Waals surface area contributed by atoms with Crippen LogP contribution in [0.3, 0.4) is 0 Å². The predicted octanol–water partition coefficient (Wildman–Crippen LogP) is 3.69. The number of carboxylic acid groups (broad SMARTS) is 1. The Bertz CT molecular complexity index is 1230. The minimum absolute atomic E-state index is 0.00696. The number of hydrogen-bond acceptors (Lipinski definition) is 4. The fraction of sp³-hybridized carbons (Fsp3) is 0.344.